The summed E-state index contributed by atoms with van der Waals surface area (Å²) in [5.74, 6) is -0.176. The molecule has 1 aromatic heterocycles. The number of carbonyl (C=O) groups excluding carboxylic acids is 1. The van der Waals surface area contributed by atoms with E-state index in [9.17, 15) is 13.2 Å². The van der Waals surface area contributed by atoms with E-state index in [-0.39, 0.29) is 34.1 Å². The van der Waals surface area contributed by atoms with Crippen molar-refractivity contribution in [3.63, 3.8) is 0 Å². The summed E-state index contributed by atoms with van der Waals surface area (Å²) < 4.78 is 30.6. The van der Waals surface area contributed by atoms with Gasteiger partial charge in [0.05, 0.1) is 4.90 Å². The number of sulfone groups is 1. The van der Waals surface area contributed by atoms with Crippen LogP contribution in [-0.4, -0.2) is 38.4 Å². The molecule has 0 aliphatic carbocycles. The molecule has 0 unspecified atom stereocenters. The molecule has 7 heteroatoms. The van der Waals surface area contributed by atoms with E-state index in [1.807, 2.05) is 0 Å². The molecule has 1 aliphatic heterocycles. The molecule has 6 nitrogen and oxygen atoms in total. The van der Waals surface area contributed by atoms with E-state index < -0.39 is 9.84 Å². The topological polar surface area (TPSA) is 79.6 Å². The maximum absolute atomic E-state index is 12.6. The molecule has 0 radical (unpaired) electrons. The molecule has 32 heavy (non-hydrogen) atoms. The van der Waals surface area contributed by atoms with Crippen molar-refractivity contribution in [3.05, 3.63) is 89.4 Å². The molecule has 168 valence electrons. The summed E-state index contributed by atoms with van der Waals surface area (Å²) in [5, 5.41) is 3.03. The van der Waals surface area contributed by atoms with Crippen molar-refractivity contribution < 1.29 is 17.6 Å². The number of amides is 1. The van der Waals surface area contributed by atoms with Crippen molar-refractivity contribution in [1.82, 2.24) is 10.2 Å². The zero-order valence-electron chi connectivity index (χ0n) is 18.2. The quantitative estimate of drug-likeness (QED) is 0.587. The lowest BCUT2D eigenvalue weighted by Gasteiger charge is -2.32. The molecule has 1 N–H and O–H groups in total. The lowest BCUT2D eigenvalue weighted by atomic mass is 10.0. The molecule has 1 fully saturated rings. The van der Waals surface area contributed by atoms with Crippen molar-refractivity contribution in [2.24, 2.45) is 0 Å². The predicted octanol–water partition coefficient (Wildman–Crippen LogP) is 3.96. The summed E-state index contributed by atoms with van der Waals surface area (Å²) in [6.45, 7) is 4.84. The monoisotopic (exact) mass is 452 g/mol. The average molecular weight is 453 g/mol. The van der Waals surface area contributed by atoms with E-state index in [0.29, 0.717) is 0 Å². The van der Waals surface area contributed by atoms with Crippen LogP contribution in [0.1, 0.15) is 40.3 Å². The summed E-state index contributed by atoms with van der Waals surface area (Å²) in [5.41, 5.74) is 2.57. The maximum Gasteiger partial charge on any atom is 0.287 e. The smallest absolute Gasteiger partial charge is 0.287 e. The van der Waals surface area contributed by atoms with E-state index in [2.05, 4.69) is 41.4 Å². The number of likely N-dealkylation sites (tertiary alicyclic amines) is 1. The average Bonchev–Trinajstić information content (AvgIpc) is 3.24. The Morgan fingerprint density at radius 1 is 1.03 bits per heavy atom. The molecule has 1 aliphatic rings. The van der Waals surface area contributed by atoms with Crippen molar-refractivity contribution in [1.29, 1.82) is 0 Å². The van der Waals surface area contributed by atoms with Crippen LogP contribution >= 0.6 is 0 Å². The molecule has 0 spiro atoms. The first-order valence-electron chi connectivity index (χ1n) is 10.8. The Hall–Kier alpha value is -2.90. The molecule has 4 rings (SSSR count). The third-order valence-electron chi connectivity index (χ3n) is 5.73. The zero-order valence-corrected chi connectivity index (χ0v) is 19.0. The molecule has 3 aromatic rings. The Morgan fingerprint density at radius 2 is 1.78 bits per heavy atom. The zero-order chi connectivity index (χ0) is 22.6. The first-order chi connectivity index (χ1) is 15.4. The van der Waals surface area contributed by atoms with Crippen molar-refractivity contribution >= 4 is 15.7 Å². The molecular formula is C25H28N2O4S. The molecule has 0 atom stereocenters. The van der Waals surface area contributed by atoms with Crippen LogP contribution in [0.5, 0.6) is 0 Å². The second-order valence-electron chi connectivity index (χ2n) is 8.35. The number of piperidine rings is 1. The van der Waals surface area contributed by atoms with Gasteiger partial charge in [-0.15, -0.1) is 0 Å². The van der Waals surface area contributed by atoms with Gasteiger partial charge in [-0.3, -0.25) is 9.69 Å². The second kappa shape index (κ2) is 9.71. The third-order valence-corrected chi connectivity index (χ3v) is 7.39. The normalized spacial score (nSPS) is 15.5. The highest BCUT2D eigenvalue weighted by atomic mass is 32.2. The van der Waals surface area contributed by atoms with Crippen LogP contribution in [0, 0.1) is 6.92 Å². The first-order valence-corrected chi connectivity index (χ1v) is 12.5. The van der Waals surface area contributed by atoms with Crippen LogP contribution in [0.4, 0.5) is 0 Å². The molecule has 1 amide bonds. The van der Waals surface area contributed by atoms with Gasteiger partial charge in [0, 0.05) is 25.7 Å². The minimum absolute atomic E-state index is 0.0814. The van der Waals surface area contributed by atoms with Gasteiger partial charge in [0.15, 0.2) is 15.6 Å². The van der Waals surface area contributed by atoms with Gasteiger partial charge in [0.1, 0.15) is 11.5 Å². The van der Waals surface area contributed by atoms with Gasteiger partial charge in [-0.05, 0) is 49.6 Å². The van der Waals surface area contributed by atoms with E-state index in [1.54, 1.807) is 36.4 Å². The summed E-state index contributed by atoms with van der Waals surface area (Å²) in [7, 11) is -3.52. The van der Waals surface area contributed by atoms with Crippen LogP contribution in [0.3, 0.4) is 0 Å². The number of furan rings is 1. The molecule has 2 aromatic carbocycles. The SMILES string of the molecule is Cc1cccc(CN2CCC(NC(=O)c3ccc(CS(=O)(=O)c4ccccc4)o3)CC2)c1. The number of carbonyl (C=O) groups is 1. The number of aryl methyl sites for hydroxylation is 1. The first kappa shape index (κ1) is 22.3. The Balaban J connectivity index is 1.28. The minimum atomic E-state index is -3.52. The van der Waals surface area contributed by atoms with Crippen LogP contribution in [0.2, 0.25) is 0 Å². The number of hydrogen-bond donors (Lipinski definition) is 1. The van der Waals surface area contributed by atoms with Crippen molar-refractivity contribution in [2.75, 3.05) is 13.1 Å². The summed E-state index contributed by atoms with van der Waals surface area (Å²) in [6, 6.07) is 19.9. The molecule has 0 bridgehead atoms. The fourth-order valence-corrected chi connectivity index (χ4v) is 5.30. The van der Waals surface area contributed by atoms with Crippen LogP contribution in [0.25, 0.3) is 0 Å². The van der Waals surface area contributed by atoms with Crippen molar-refractivity contribution in [3.8, 4) is 0 Å². The summed E-state index contributed by atoms with van der Waals surface area (Å²) in [6.07, 6.45) is 1.74. The maximum atomic E-state index is 12.6. The van der Waals surface area contributed by atoms with Crippen molar-refractivity contribution in [2.45, 2.75) is 43.0 Å². The highest BCUT2D eigenvalue weighted by Crippen LogP contribution is 2.19. The van der Waals surface area contributed by atoms with Gasteiger partial charge < -0.3 is 9.73 Å². The standard InChI is InChI=1S/C25H28N2O4S/c1-19-6-5-7-20(16-19)17-27-14-12-21(13-15-27)26-25(28)24-11-10-22(31-24)18-32(29,30)23-8-3-2-4-9-23/h2-11,16,21H,12-15,17-18H2,1H3,(H,26,28). The molecule has 2 heterocycles. The lowest BCUT2D eigenvalue weighted by molar-refractivity contribution is 0.0879. The molecule has 1 saturated heterocycles. The van der Waals surface area contributed by atoms with E-state index in [0.717, 1.165) is 32.5 Å². The minimum Gasteiger partial charge on any atom is -0.455 e. The molecular weight excluding hydrogens is 424 g/mol. The fraction of sp³-hybridized carbons (Fsp3) is 0.320. The summed E-state index contributed by atoms with van der Waals surface area (Å²) in [4.78, 5) is 15.2. The van der Waals surface area contributed by atoms with Crippen LogP contribution in [-0.2, 0) is 22.1 Å². The highest BCUT2D eigenvalue weighted by molar-refractivity contribution is 7.90. The number of nitrogens with one attached hydrogen (secondary N) is 1. The van der Waals surface area contributed by atoms with Gasteiger partial charge in [-0.2, -0.15) is 0 Å². The fourth-order valence-electron chi connectivity index (χ4n) is 4.04. The number of hydrogen-bond acceptors (Lipinski definition) is 5. The Kier molecular flexibility index (Phi) is 6.77. The molecule has 0 saturated carbocycles. The van der Waals surface area contributed by atoms with Gasteiger partial charge in [0.2, 0.25) is 0 Å². The van der Waals surface area contributed by atoms with Gasteiger partial charge in [-0.25, -0.2) is 8.42 Å². The Bertz CT molecular complexity index is 1160. The largest absolute Gasteiger partial charge is 0.455 e. The summed E-state index contributed by atoms with van der Waals surface area (Å²) >= 11 is 0. The number of benzene rings is 2. The van der Waals surface area contributed by atoms with Crippen LogP contribution < -0.4 is 5.32 Å². The Morgan fingerprint density at radius 3 is 2.50 bits per heavy atom. The van der Waals surface area contributed by atoms with Gasteiger partial charge in [0.25, 0.3) is 5.91 Å². The number of rotatable bonds is 7. The lowest BCUT2D eigenvalue weighted by Crippen LogP contribution is -2.44. The van der Waals surface area contributed by atoms with E-state index in [4.69, 9.17) is 4.42 Å². The van der Waals surface area contributed by atoms with E-state index >= 15 is 0 Å². The van der Waals surface area contributed by atoms with Gasteiger partial charge >= 0.3 is 0 Å². The second-order valence-corrected chi connectivity index (χ2v) is 10.3. The third kappa shape index (κ3) is 5.66. The van der Waals surface area contributed by atoms with Crippen LogP contribution in [0.15, 0.2) is 76.0 Å². The number of nitrogens with zero attached hydrogens (tertiary/aromatic N) is 1. The predicted molar refractivity (Wildman–Crippen MR) is 123 cm³/mol. The highest BCUT2D eigenvalue weighted by Gasteiger charge is 2.23. The Labute approximate surface area is 189 Å². The van der Waals surface area contributed by atoms with E-state index in [1.165, 1.54) is 17.2 Å². The van der Waals surface area contributed by atoms with Gasteiger partial charge in [-0.1, -0.05) is 48.0 Å².